The summed E-state index contributed by atoms with van der Waals surface area (Å²) in [5.41, 5.74) is 15.8. The SMILES string of the molecule is Cc1nc2cc(-c3nc4ccccc4o3)ccc2n1CCC1CCOCC1.Nc1cc(-c2nc3ccccc3o2)ccc1CCCC1CCOCC1. The van der Waals surface area contributed by atoms with Crippen molar-refractivity contribution in [2.24, 2.45) is 11.8 Å². The van der Waals surface area contributed by atoms with Gasteiger partial charge in [-0.2, -0.15) is 0 Å². The summed E-state index contributed by atoms with van der Waals surface area (Å²) in [6.07, 6.45) is 9.39. The molecule has 2 saturated heterocycles. The Morgan fingerprint density at radius 1 is 0.654 bits per heavy atom. The summed E-state index contributed by atoms with van der Waals surface area (Å²) in [5, 5.41) is 0. The summed E-state index contributed by atoms with van der Waals surface area (Å²) in [5.74, 6) is 3.91. The topological polar surface area (TPSA) is 114 Å². The van der Waals surface area contributed by atoms with Crippen LogP contribution in [0.3, 0.4) is 0 Å². The number of para-hydroxylation sites is 4. The zero-order chi connectivity index (χ0) is 35.3. The first kappa shape index (κ1) is 34.1. The van der Waals surface area contributed by atoms with E-state index in [0.29, 0.717) is 11.8 Å². The van der Waals surface area contributed by atoms with Crippen molar-refractivity contribution in [3.05, 3.63) is 96.3 Å². The minimum Gasteiger partial charge on any atom is -0.436 e. The predicted molar refractivity (Wildman–Crippen MR) is 206 cm³/mol. The minimum absolute atomic E-state index is 0.627. The highest BCUT2D eigenvalue weighted by Crippen LogP contribution is 2.30. The Hall–Kier alpha value is -4.99. The average Bonchev–Trinajstić information content (AvgIpc) is 3.90. The number of rotatable bonds is 9. The molecule has 2 aliphatic heterocycles. The summed E-state index contributed by atoms with van der Waals surface area (Å²) >= 11 is 0. The molecule has 0 saturated carbocycles. The predicted octanol–water partition coefficient (Wildman–Crippen LogP) is 9.80. The lowest BCUT2D eigenvalue weighted by molar-refractivity contribution is 0.0626. The second-order valence-corrected chi connectivity index (χ2v) is 14.2. The lowest BCUT2D eigenvalue weighted by Gasteiger charge is -2.22. The van der Waals surface area contributed by atoms with E-state index in [2.05, 4.69) is 51.8 Å². The number of hydrogen-bond donors (Lipinski definition) is 1. The van der Waals surface area contributed by atoms with Gasteiger partial charge >= 0.3 is 0 Å². The van der Waals surface area contributed by atoms with Gasteiger partial charge in [0.15, 0.2) is 11.2 Å². The van der Waals surface area contributed by atoms with Crippen LogP contribution in [0.25, 0.3) is 56.1 Å². The molecular formula is C43H47N5O4. The zero-order valence-electron chi connectivity index (χ0n) is 29.9. The smallest absolute Gasteiger partial charge is 0.227 e. The van der Waals surface area contributed by atoms with Crippen LogP contribution in [0.2, 0.25) is 0 Å². The quantitative estimate of drug-likeness (QED) is 0.148. The molecule has 7 aromatic rings. The van der Waals surface area contributed by atoms with E-state index in [1.165, 1.54) is 56.0 Å². The van der Waals surface area contributed by atoms with Gasteiger partial charge in [0, 0.05) is 49.8 Å². The molecule has 9 heteroatoms. The molecule has 9 nitrogen and oxygen atoms in total. The van der Waals surface area contributed by atoms with E-state index in [9.17, 15) is 0 Å². The van der Waals surface area contributed by atoms with Crippen LogP contribution >= 0.6 is 0 Å². The van der Waals surface area contributed by atoms with E-state index in [1.807, 2.05) is 54.6 Å². The van der Waals surface area contributed by atoms with E-state index in [0.717, 1.165) is 102 Å². The van der Waals surface area contributed by atoms with Crippen molar-refractivity contribution in [3.8, 4) is 22.9 Å². The number of nitrogen functional groups attached to an aromatic ring is 1. The van der Waals surface area contributed by atoms with Gasteiger partial charge in [-0.15, -0.1) is 0 Å². The second kappa shape index (κ2) is 15.7. The molecule has 2 aliphatic rings. The summed E-state index contributed by atoms with van der Waals surface area (Å²) in [6, 6.07) is 28.1. The molecule has 0 radical (unpaired) electrons. The molecule has 0 spiro atoms. The summed E-state index contributed by atoms with van der Waals surface area (Å²) < 4.78 is 25.0. The molecule has 268 valence electrons. The van der Waals surface area contributed by atoms with Crippen LogP contribution in [0.5, 0.6) is 0 Å². The average molecular weight is 698 g/mol. The zero-order valence-corrected chi connectivity index (χ0v) is 29.9. The van der Waals surface area contributed by atoms with Gasteiger partial charge in [0.1, 0.15) is 16.9 Å². The maximum Gasteiger partial charge on any atom is 0.227 e. The molecule has 5 heterocycles. The first-order chi connectivity index (χ1) is 25.6. The third-order valence-corrected chi connectivity index (χ3v) is 10.7. The van der Waals surface area contributed by atoms with Gasteiger partial charge in [-0.3, -0.25) is 0 Å². The fourth-order valence-corrected chi connectivity index (χ4v) is 7.58. The molecule has 52 heavy (non-hydrogen) atoms. The number of imidazole rings is 1. The number of hydrogen-bond acceptors (Lipinski definition) is 8. The fourth-order valence-electron chi connectivity index (χ4n) is 7.58. The Morgan fingerprint density at radius 2 is 1.23 bits per heavy atom. The second-order valence-electron chi connectivity index (χ2n) is 14.2. The van der Waals surface area contributed by atoms with E-state index in [-0.39, 0.29) is 0 Å². The van der Waals surface area contributed by atoms with Gasteiger partial charge in [-0.25, -0.2) is 15.0 Å². The van der Waals surface area contributed by atoms with Gasteiger partial charge in [-0.05, 0) is 130 Å². The lowest BCUT2D eigenvalue weighted by Crippen LogP contribution is -2.17. The maximum absolute atomic E-state index is 6.28. The van der Waals surface area contributed by atoms with Crippen LogP contribution in [0.4, 0.5) is 5.69 Å². The molecule has 9 rings (SSSR count). The van der Waals surface area contributed by atoms with Crippen LogP contribution in [0.15, 0.2) is 93.8 Å². The maximum atomic E-state index is 6.28. The van der Waals surface area contributed by atoms with Crippen molar-refractivity contribution >= 4 is 38.9 Å². The Kier molecular flexibility index (Phi) is 10.3. The number of aryl methyl sites for hydroxylation is 3. The van der Waals surface area contributed by atoms with Crippen molar-refractivity contribution in [2.45, 2.75) is 64.8 Å². The van der Waals surface area contributed by atoms with Gasteiger partial charge in [-0.1, -0.05) is 30.3 Å². The Balaban J connectivity index is 0.000000149. The van der Waals surface area contributed by atoms with Crippen molar-refractivity contribution in [3.63, 3.8) is 0 Å². The third-order valence-electron chi connectivity index (χ3n) is 10.7. The van der Waals surface area contributed by atoms with Crippen molar-refractivity contribution in [2.75, 3.05) is 32.2 Å². The minimum atomic E-state index is 0.627. The Bertz CT molecular complexity index is 2190. The summed E-state index contributed by atoms with van der Waals surface area (Å²) in [7, 11) is 0. The normalized spacial score (nSPS) is 15.7. The van der Waals surface area contributed by atoms with E-state index in [1.54, 1.807) is 0 Å². The molecular weight excluding hydrogens is 651 g/mol. The standard InChI is InChI=1S/C22H23N3O2.C21H24N2O2/c1-15-23-19-14-17(22-24-18-4-2-3-5-21(18)27-22)6-7-20(19)25(15)11-8-16-9-12-26-13-10-16;22-18-14-17(21-23-19-6-1-2-7-20(19)25-21)9-8-16(18)5-3-4-15-10-12-24-13-11-15/h2-7,14,16H,8-13H2,1H3;1-2,6-9,14-15H,3-5,10-13,22H2. The van der Waals surface area contributed by atoms with Crippen molar-refractivity contribution in [1.82, 2.24) is 19.5 Å². The van der Waals surface area contributed by atoms with Crippen LogP contribution in [0, 0.1) is 18.8 Å². The van der Waals surface area contributed by atoms with Gasteiger partial charge < -0.3 is 28.6 Å². The number of fused-ring (bicyclic) bond motifs is 3. The number of nitrogens with two attached hydrogens (primary N) is 1. The first-order valence-corrected chi connectivity index (χ1v) is 18.8. The molecule has 0 atom stereocenters. The molecule has 0 bridgehead atoms. The largest absolute Gasteiger partial charge is 0.436 e. The summed E-state index contributed by atoms with van der Waals surface area (Å²) in [4.78, 5) is 13.9. The number of nitrogens with zero attached hydrogens (tertiary/aromatic N) is 4. The van der Waals surface area contributed by atoms with Crippen LogP contribution in [0.1, 0.15) is 56.3 Å². The van der Waals surface area contributed by atoms with Gasteiger partial charge in [0.05, 0.1) is 11.0 Å². The van der Waals surface area contributed by atoms with Crippen LogP contribution in [-0.4, -0.2) is 45.9 Å². The number of oxazole rings is 2. The number of aromatic nitrogens is 4. The van der Waals surface area contributed by atoms with E-state index >= 15 is 0 Å². The lowest BCUT2D eigenvalue weighted by atomic mass is 9.92. The number of benzene rings is 4. The Morgan fingerprint density at radius 3 is 1.85 bits per heavy atom. The van der Waals surface area contributed by atoms with Crippen molar-refractivity contribution in [1.29, 1.82) is 0 Å². The van der Waals surface area contributed by atoms with Gasteiger partial charge in [0.25, 0.3) is 0 Å². The molecule has 0 unspecified atom stereocenters. The number of ether oxygens (including phenoxy) is 2. The van der Waals surface area contributed by atoms with Crippen LogP contribution in [-0.2, 0) is 22.4 Å². The molecule has 0 amide bonds. The first-order valence-electron chi connectivity index (χ1n) is 18.8. The van der Waals surface area contributed by atoms with E-state index in [4.69, 9.17) is 29.0 Å². The van der Waals surface area contributed by atoms with Crippen LogP contribution < -0.4 is 5.73 Å². The monoisotopic (exact) mass is 697 g/mol. The molecule has 0 aliphatic carbocycles. The molecule has 2 N–H and O–H groups in total. The molecule has 3 aromatic heterocycles. The van der Waals surface area contributed by atoms with E-state index < -0.39 is 0 Å². The molecule has 2 fully saturated rings. The summed E-state index contributed by atoms with van der Waals surface area (Å²) in [6.45, 7) is 6.75. The highest BCUT2D eigenvalue weighted by molar-refractivity contribution is 5.83. The Labute approximate surface area is 304 Å². The highest BCUT2D eigenvalue weighted by Gasteiger charge is 2.17. The number of anilines is 1. The fraction of sp³-hybridized carbons (Fsp3) is 0.372. The third kappa shape index (κ3) is 7.76. The van der Waals surface area contributed by atoms with Crippen molar-refractivity contribution < 1.29 is 18.3 Å². The van der Waals surface area contributed by atoms with Gasteiger partial charge in [0.2, 0.25) is 11.8 Å². The highest BCUT2D eigenvalue weighted by atomic mass is 16.5. The molecule has 4 aromatic carbocycles.